The van der Waals surface area contributed by atoms with E-state index in [1.54, 1.807) is 23.1 Å². The normalized spacial score (nSPS) is 18.0. The van der Waals surface area contributed by atoms with Crippen molar-refractivity contribution in [3.05, 3.63) is 65.2 Å². The van der Waals surface area contributed by atoms with Gasteiger partial charge >= 0.3 is 5.97 Å². The van der Waals surface area contributed by atoms with Crippen LogP contribution >= 0.6 is 0 Å². The molecule has 0 aliphatic carbocycles. The molecule has 1 unspecified atom stereocenters. The minimum absolute atomic E-state index is 0.0399. The number of carboxylic acid groups (broad SMARTS) is 2. The molecule has 1 atom stereocenters. The fourth-order valence-electron chi connectivity index (χ4n) is 4.44. The number of hydrogen-bond acceptors (Lipinski definition) is 4. The summed E-state index contributed by atoms with van der Waals surface area (Å²) in [5.41, 5.74) is 2.62. The highest BCUT2D eigenvalue weighted by Crippen LogP contribution is 2.39. The molecule has 2 aliphatic rings. The lowest BCUT2D eigenvalue weighted by Gasteiger charge is -2.25. The van der Waals surface area contributed by atoms with Gasteiger partial charge in [-0.2, -0.15) is 0 Å². The van der Waals surface area contributed by atoms with Gasteiger partial charge in [-0.15, -0.1) is 0 Å². The third kappa shape index (κ3) is 6.35. The van der Waals surface area contributed by atoms with E-state index in [0.717, 1.165) is 37.1 Å². The van der Waals surface area contributed by atoms with E-state index in [4.69, 9.17) is 19.8 Å². The molecular formula is C24H26F2N2O5. The number of likely N-dealkylation sites (tertiary alicyclic amines) is 1. The van der Waals surface area contributed by atoms with Gasteiger partial charge in [0, 0.05) is 25.3 Å². The molecule has 1 amide bonds. The first-order chi connectivity index (χ1) is 15.8. The summed E-state index contributed by atoms with van der Waals surface area (Å²) < 4.78 is 27.4. The van der Waals surface area contributed by atoms with Crippen molar-refractivity contribution in [3.63, 3.8) is 0 Å². The molecule has 2 aromatic rings. The number of nitrogens with zero attached hydrogens (tertiary/aromatic N) is 1. The zero-order chi connectivity index (χ0) is 24.0. The van der Waals surface area contributed by atoms with Gasteiger partial charge in [0.2, 0.25) is 0 Å². The molecule has 7 nitrogen and oxygen atoms in total. The highest BCUT2D eigenvalue weighted by Gasteiger charge is 2.30. The molecule has 0 bridgehead atoms. The van der Waals surface area contributed by atoms with Crippen molar-refractivity contribution >= 4 is 23.5 Å². The minimum Gasteiger partial charge on any atom is -0.539 e. The number of carboxylic acids is 2. The summed E-state index contributed by atoms with van der Waals surface area (Å²) in [6.45, 7) is 3.14. The number of benzene rings is 2. The third-order valence-corrected chi connectivity index (χ3v) is 5.99. The number of aliphatic carboxylic acids is 2. The zero-order valence-corrected chi connectivity index (χ0v) is 18.1. The van der Waals surface area contributed by atoms with Crippen LogP contribution in [0.5, 0.6) is 0 Å². The molecule has 4 rings (SSSR count). The lowest BCUT2D eigenvalue weighted by atomic mass is 9.87. The average Bonchev–Trinajstić information content (AvgIpc) is 3.21. The summed E-state index contributed by atoms with van der Waals surface area (Å²) in [5.74, 6) is -4.50. The largest absolute Gasteiger partial charge is 0.539 e. The number of rotatable bonds is 3. The van der Waals surface area contributed by atoms with Gasteiger partial charge in [0.1, 0.15) is 11.6 Å². The Labute approximate surface area is 190 Å². The van der Waals surface area contributed by atoms with Crippen LogP contribution in [0.1, 0.15) is 42.7 Å². The molecule has 0 spiro atoms. The lowest BCUT2D eigenvalue weighted by molar-refractivity contribution is -0.878. The van der Waals surface area contributed by atoms with Gasteiger partial charge in [-0.25, -0.2) is 13.6 Å². The fraction of sp³-hybridized carbons (Fsp3) is 0.375. The second kappa shape index (κ2) is 11.0. The summed E-state index contributed by atoms with van der Waals surface area (Å²) in [6.07, 6.45) is 4.02. The van der Waals surface area contributed by atoms with Crippen LogP contribution in [0.4, 0.5) is 14.5 Å². The maximum Gasteiger partial charge on any atom is 0.351 e. The molecule has 33 heavy (non-hydrogen) atoms. The number of anilines is 1. The monoisotopic (exact) mass is 460 g/mol. The summed E-state index contributed by atoms with van der Waals surface area (Å²) in [6, 6.07) is 11.2. The second-order valence-corrected chi connectivity index (χ2v) is 8.22. The summed E-state index contributed by atoms with van der Waals surface area (Å²) in [4.78, 5) is 34.1. The molecule has 176 valence electrons. The molecule has 2 N–H and O–H groups in total. The standard InChI is InChI=1S/C22H24F2N2O.C2H2O4/c23-17-7-5-16(6-8-17)19-4-3-13-26(21-14-18(24)9-10-20(19)21)22(27)15-25-11-1-2-12-25;3-1(4)2(5)6/h5-10,14,19H,1-4,11-13,15H2;(H,3,4)(H,5,6). The summed E-state index contributed by atoms with van der Waals surface area (Å²) in [5, 5.41) is 16.3. The van der Waals surface area contributed by atoms with Crippen LogP contribution in [-0.4, -0.2) is 49.1 Å². The van der Waals surface area contributed by atoms with Crippen molar-refractivity contribution in [1.29, 1.82) is 0 Å². The number of carbonyl (C=O) groups is 3. The van der Waals surface area contributed by atoms with Crippen molar-refractivity contribution < 1.29 is 38.3 Å². The fourth-order valence-corrected chi connectivity index (χ4v) is 4.44. The van der Waals surface area contributed by atoms with Crippen LogP contribution in [-0.2, 0) is 14.4 Å². The predicted molar refractivity (Wildman–Crippen MR) is 114 cm³/mol. The number of quaternary nitrogens is 1. The molecule has 2 aliphatic heterocycles. The third-order valence-electron chi connectivity index (χ3n) is 5.99. The molecule has 9 heteroatoms. The number of nitrogens with one attached hydrogen (secondary N) is 1. The highest BCUT2D eigenvalue weighted by molar-refractivity contribution is 6.26. The van der Waals surface area contributed by atoms with Gasteiger partial charge in [-0.05, 0) is 48.2 Å². The van der Waals surface area contributed by atoms with Gasteiger partial charge in [-0.3, -0.25) is 4.79 Å². The van der Waals surface area contributed by atoms with E-state index in [-0.39, 0.29) is 23.5 Å². The number of amides is 1. The molecular weight excluding hydrogens is 434 g/mol. The molecule has 1 saturated heterocycles. The van der Waals surface area contributed by atoms with Crippen molar-refractivity contribution in [3.8, 4) is 0 Å². The van der Waals surface area contributed by atoms with E-state index < -0.39 is 11.9 Å². The number of halogens is 2. The van der Waals surface area contributed by atoms with Crippen LogP contribution in [0, 0.1) is 11.6 Å². The highest BCUT2D eigenvalue weighted by atomic mass is 19.1. The summed E-state index contributed by atoms with van der Waals surface area (Å²) in [7, 11) is 0. The van der Waals surface area contributed by atoms with Crippen molar-refractivity contribution in [2.75, 3.05) is 31.1 Å². The maximum absolute atomic E-state index is 14.1. The van der Waals surface area contributed by atoms with E-state index in [1.807, 2.05) is 0 Å². The van der Waals surface area contributed by atoms with Crippen LogP contribution < -0.4 is 14.9 Å². The van der Waals surface area contributed by atoms with E-state index in [9.17, 15) is 13.6 Å². The second-order valence-electron chi connectivity index (χ2n) is 8.22. The first-order valence-electron chi connectivity index (χ1n) is 10.9. The Hall–Kier alpha value is -3.33. The minimum atomic E-state index is -2.07. The number of carbonyl (C=O) groups excluding carboxylic acids is 2. The van der Waals surface area contributed by atoms with E-state index in [0.29, 0.717) is 18.8 Å². The molecule has 0 saturated carbocycles. The van der Waals surface area contributed by atoms with Crippen LogP contribution in [0.2, 0.25) is 0 Å². The first kappa shape index (κ1) is 24.3. The van der Waals surface area contributed by atoms with Crippen molar-refractivity contribution in [2.24, 2.45) is 0 Å². The number of fused-ring (bicyclic) bond motifs is 1. The Balaban J connectivity index is 0.000000454. The van der Waals surface area contributed by atoms with Crippen LogP contribution in [0.3, 0.4) is 0 Å². The molecule has 1 fully saturated rings. The predicted octanol–water partition coefficient (Wildman–Crippen LogP) is 0.723. The first-order valence-corrected chi connectivity index (χ1v) is 10.9. The maximum atomic E-state index is 14.1. The Bertz CT molecular complexity index is 994. The van der Waals surface area contributed by atoms with Crippen molar-refractivity contribution in [2.45, 2.75) is 31.6 Å². The zero-order valence-electron chi connectivity index (χ0n) is 18.1. The molecule has 2 heterocycles. The quantitative estimate of drug-likeness (QED) is 0.658. The SMILES string of the molecule is O=C(C[NH+]1CCCC1)N1CCCC(c2ccc(F)cc2)c2ccc(F)cc21.O=C([O-])C(=O)O. The molecule has 2 aromatic carbocycles. The van der Waals surface area contributed by atoms with Crippen molar-refractivity contribution in [1.82, 2.24) is 0 Å². The number of hydrogen-bond donors (Lipinski definition) is 2. The van der Waals surface area contributed by atoms with E-state index in [1.165, 1.54) is 42.0 Å². The van der Waals surface area contributed by atoms with Crippen LogP contribution in [0.25, 0.3) is 0 Å². The van der Waals surface area contributed by atoms with Crippen LogP contribution in [0.15, 0.2) is 42.5 Å². The molecule has 0 aromatic heterocycles. The summed E-state index contributed by atoms with van der Waals surface area (Å²) >= 11 is 0. The lowest BCUT2D eigenvalue weighted by Crippen LogP contribution is -3.11. The smallest absolute Gasteiger partial charge is 0.351 e. The average molecular weight is 460 g/mol. The van der Waals surface area contributed by atoms with Gasteiger partial charge < -0.3 is 24.8 Å². The topological polar surface area (TPSA) is 102 Å². The Morgan fingerprint density at radius 3 is 2.21 bits per heavy atom. The van der Waals surface area contributed by atoms with Gasteiger partial charge in [0.25, 0.3) is 5.91 Å². The van der Waals surface area contributed by atoms with E-state index in [2.05, 4.69) is 0 Å². The van der Waals surface area contributed by atoms with Gasteiger partial charge in [0.15, 0.2) is 12.5 Å². The van der Waals surface area contributed by atoms with Gasteiger partial charge in [0.05, 0.1) is 18.8 Å². The van der Waals surface area contributed by atoms with Gasteiger partial charge in [-0.1, -0.05) is 18.2 Å². The Morgan fingerprint density at radius 2 is 1.61 bits per heavy atom. The van der Waals surface area contributed by atoms with E-state index >= 15 is 0 Å². The Kier molecular flexibility index (Phi) is 8.11. The molecule has 0 radical (unpaired) electrons. The Morgan fingerprint density at radius 1 is 1.00 bits per heavy atom.